The number of quaternary nitrogens is 1. The van der Waals surface area contributed by atoms with Gasteiger partial charge in [0.05, 0.1) is 34.2 Å². The van der Waals surface area contributed by atoms with E-state index in [1.807, 2.05) is 0 Å². The summed E-state index contributed by atoms with van der Waals surface area (Å²) in [6.07, 6.45) is 26.6. The highest BCUT2D eigenvalue weighted by Crippen LogP contribution is 2.14. The molecule has 39 heavy (non-hydrogen) atoms. The van der Waals surface area contributed by atoms with Crippen LogP contribution >= 0.6 is 0 Å². The molecule has 0 rings (SSSR count). The van der Waals surface area contributed by atoms with Crippen LogP contribution in [0.15, 0.2) is 0 Å². The first-order chi connectivity index (χ1) is 18.3. The van der Waals surface area contributed by atoms with Gasteiger partial charge in [0, 0.05) is 6.42 Å². The zero-order valence-electron chi connectivity index (χ0n) is 26.7. The van der Waals surface area contributed by atoms with Crippen molar-refractivity contribution >= 4 is 11.9 Å². The zero-order valence-corrected chi connectivity index (χ0v) is 27.5. The van der Waals surface area contributed by atoms with Crippen molar-refractivity contribution in [3.63, 3.8) is 0 Å². The van der Waals surface area contributed by atoms with Crippen LogP contribution in [-0.4, -0.2) is 56.8 Å². The summed E-state index contributed by atoms with van der Waals surface area (Å²) in [7, 11) is 6.17. The second-order valence-corrected chi connectivity index (χ2v) is 12.5. The highest BCUT2D eigenvalue weighted by molar-refractivity contribution is 5.72. The molecule has 5 nitrogen and oxygen atoms in total. The van der Waals surface area contributed by atoms with E-state index in [1.54, 1.807) is 0 Å². The number of halogens is 1. The topological polar surface area (TPSA) is 52.6 Å². The fourth-order valence-corrected chi connectivity index (χ4v) is 4.95. The van der Waals surface area contributed by atoms with Crippen molar-refractivity contribution in [2.75, 3.05) is 34.3 Å². The minimum Gasteiger partial charge on any atom is -1.00 e. The van der Waals surface area contributed by atoms with Crippen molar-refractivity contribution in [3.8, 4) is 0 Å². The van der Waals surface area contributed by atoms with Crippen molar-refractivity contribution in [2.45, 2.75) is 168 Å². The summed E-state index contributed by atoms with van der Waals surface area (Å²) in [4.78, 5) is 24.9. The van der Waals surface area contributed by atoms with Gasteiger partial charge in [0.2, 0.25) is 0 Å². The fourth-order valence-electron chi connectivity index (χ4n) is 4.95. The summed E-state index contributed by atoms with van der Waals surface area (Å²) >= 11 is 0. The fraction of sp³-hybridized carbons (Fsp3) is 0.939. The Morgan fingerprint density at radius 2 is 0.949 bits per heavy atom. The van der Waals surface area contributed by atoms with Gasteiger partial charge in [-0.15, -0.1) is 0 Å². The molecule has 0 unspecified atom stereocenters. The van der Waals surface area contributed by atoms with E-state index < -0.39 is 6.10 Å². The number of carbonyl (C=O) groups is 2. The van der Waals surface area contributed by atoms with Gasteiger partial charge in [0.15, 0.2) is 6.10 Å². The number of hydrogen-bond acceptors (Lipinski definition) is 4. The van der Waals surface area contributed by atoms with Gasteiger partial charge >= 0.3 is 11.9 Å². The monoisotopic (exact) mass is 575 g/mol. The second-order valence-electron chi connectivity index (χ2n) is 12.5. The first-order valence-electron chi connectivity index (χ1n) is 16.4. The maximum absolute atomic E-state index is 12.5. The van der Waals surface area contributed by atoms with Crippen LogP contribution in [0, 0.1) is 0 Å². The summed E-state index contributed by atoms with van der Waals surface area (Å²) in [6.45, 7) is 5.59. The first-order valence-corrected chi connectivity index (χ1v) is 16.4. The van der Waals surface area contributed by atoms with Gasteiger partial charge in [-0.3, -0.25) is 9.59 Å². The molecule has 234 valence electrons. The van der Waals surface area contributed by atoms with Crippen LogP contribution in [0.1, 0.15) is 162 Å². The minimum atomic E-state index is -0.421. The molecular formula is C33H66ClNO4. The predicted octanol–water partition coefficient (Wildman–Crippen LogP) is 6.16. The maximum Gasteiger partial charge on any atom is 0.309 e. The largest absolute Gasteiger partial charge is 1.00 e. The average Bonchev–Trinajstić information content (AvgIpc) is 2.84. The number of rotatable bonds is 28. The van der Waals surface area contributed by atoms with E-state index in [1.165, 1.54) is 109 Å². The van der Waals surface area contributed by atoms with E-state index in [9.17, 15) is 9.59 Å². The Hall–Kier alpha value is -0.810. The van der Waals surface area contributed by atoms with E-state index >= 15 is 0 Å². The van der Waals surface area contributed by atoms with Crippen molar-refractivity contribution in [1.82, 2.24) is 0 Å². The normalized spacial score (nSPS) is 12.1. The molecule has 0 heterocycles. The third-order valence-electron chi connectivity index (χ3n) is 7.19. The van der Waals surface area contributed by atoms with E-state index in [0.717, 1.165) is 25.7 Å². The standard InChI is InChI=1S/C33H66NO4.ClH/c1-6-8-10-12-14-16-17-18-19-21-23-25-27-32(35)38-31(30-34(3,4)5)29-33(36)37-28-26-24-22-20-15-13-11-9-7-2;/h31H,6-30H2,1-5H3;1H/q+1;/p-1/t31-;/m1./s1. The zero-order chi connectivity index (χ0) is 28.3. The van der Waals surface area contributed by atoms with Crippen LogP contribution in [0.3, 0.4) is 0 Å². The number of likely N-dealkylation sites (N-methyl/N-ethyl adjacent to an activating group) is 1. The van der Waals surface area contributed by atoms with Gasteiger partial charge < -0.3 is 26.4 Å². The molecular weight excluding hydrogens is 510 g/mol. The highest BCUT2D eigenvalue weighted by atomic mass is 35.5. The number of nitrogens with zero attached hydrogens (tertiary/aromatic N) is 1. The Morgan fingerprint density at radius 3 is 1.36 bits per heavy atom. The SMILES string of the molecule is CCCCCCCCCCCCCCC(=O)O[C@H](CC(=O)OCCCCCCCCCCC)C[N+](C)(C)C.[Cl-]. The molecule has 0 N–H and O–H groups in total. The third-order valence-corrected chi connectivity index (χ3v) is 7.19. The number of esters is 2. The van der Waals surface area contributed by atoms with E-state index in [0.29, 0.717) is 24.1 Å². The molecule has 0 aliphatic rings. The van der Waals surface area contributed by atoms with Gasteiger partial charge in [0.1, 0.15) is 6.54 Å². The smallest absolute Gasteiger partial charge is 0.309 e. The lowest BCUT2D eigenvalue weighted by Crippen LogP contribution is -3.00. The minimum absolute atomic E-state index is 0. The number of hydrogen-bond donors (Lipinski definition) is 0. The van der Waals surface area contributed by atoms with Crippen LogP contribution in [0.5, 0.6) is 0 Å². The van der Waals surface area contributed by atoms with Crippen LogP contribution < -0.4 is 12.4 Å². The van der Waals surface area contributed by atoms with Crippen molar-refractivity contribution in [2.24, 2.45) is 0 Å². The molecule has 6 heteroatoms. The molecule has 0 saturated heterocycles. The van der Waals surface area contributed by atoms with Crippen LogP contribution in [0.25, 0.3) is 0 Å². The molecule has 0 aromatic heterocycles. The van der Waals surface area contributed by atoms with Gasteiger partial charge in [-0.25, -0.2) is 0 Å². The van der Waals surface area contributed by atoms with E-state index in [4.69, 9.17) is 9.47 Å². The molecule has 0 aliphatic carbocycles. The van der Waals surface area contributed by atoms with Gasteiger partial charge in [-0.2, -0.15) is 0 Å². The molecule has 1 atom stereocenters. The lowest BCUT2D eigenvalue weighted by molar-refractivity contribution is -0.873. The van der Waals surface area contributed by atoms with E-state index in [-0.39, 0.29) is 30.8 Å². The molecule has 0 bridgehead atoms. The summed E-state index contributed by atoms with van der Waals surface area (Å²) in [5.74, 6) is -0.427. The molecule has 0 aromatic rings. The summed E-state index contributed by atoms with van der Waals surface area (Å²) in [6, 6.07) is 0. The quantitative estimate of drug-likeness (QED) is 0.0636. The Bertz CT molecular complexity index is 550. The lowest BCUT2D eigenvalue weighted by Gasteiger charge is -2.28. The Morgan fingerprint density at radius 1 is 0.564 bits per heavy atom. The molecule has 0 fully saturated rings. The van der Waals surface area contributed by atoms with Gasteiger partial charge in [0.25, 0.3) is 0 Å². The molecule has 0 radical (unpaired) electrons. The molecule has 0 aromatic carbocycles. The van der Waals surface area contributed by atoms with Crippen molar-refractivity contribution < 1.29 is 36.0 Å². The molecule has 0 aliphatic heterocycles. The van der Waals surface area contributed by atoms with Gasteiger partial charge in [-0.1, -0.05) is 136 Å². The number of carbonyl (C=O) groups excluding carboxylic acids is 2. The van der Waals surface area contributed by atoms with Crippen LogP contribution in [0.2, 0.25) is 0 Å². The highest BCUT2D eigenvalue weighted by Gasteiger charge is 2.25. The molecule has 0 amide bonds. The van der Waals surface area contributed by atoms with Crippen LogP contribution in [0.4, 0.5) is 0 Å². The predicted molar refractivity (Wildman–Crippen MR) is 161 cm³/mol. The second kappa shape index (κ2) is 28.7. The van der Waals surface area contributed by atoms with Gasteiger partial charge in [-0.05, 0) is 12.8 Å². The molecule has 0 spiro atoms. The third kappa shape index (κ3) is 31.6. The Kier molecular flexibility index (Phi) is 29.7. The summed E-state index contributed by atoms with van der Waals surface area (Å²) in [5.41, 5.74) is 0. The average molecular weight is 576 g/mol. The first kappa shape index (κ1) is 40.3. The summed E-state index contributed by atoms with van der Waals surface area (Å²) in [5, 5.41) is 0. The van der Waals surface area contributed by atoms with Crippen LogP contribution in [-0.2, 0) is 19.1 Å². The number of ether oxygens (including phenoxy) is 2. The molecule has 0 saturated carbocycles. The maximum atomic E-state index is 12.5. The Balaban J connectivity index is 0. The number of unbranched alkanes of at least 4 members (excludes halogenated alkanes) is 19. The summed E-state index contributed by atoms with van der Waals surface area (Å²) < 4.78 is 11.9. The lowest BCUT2D eigenvalue weighted by atomic mass is 10.0. The Labute approximate surface area is 249 Å². The van der Waals surface area contributed by atoms with E-state index in [2.05, 4.69) is 35.0 Å². The van der Waals surface area contributed by atoms with Crippen molar-refractivity contribution in [3.05, 3.63) is 0 Å². The van der Waals surface area contributed by atoms with Crippen molar-refractivity contribution in [1.29, 1.82) is 0 Å².